The minimum Gasteiger partial charge on any atom is -0.355 e. The Morgan fingerprint density at radius 1 is 0.333 bits per heavy atom. The zero-order valence-corrected chi connectivity index (χ0v) is 21.5. The zero-order valence-electron chi connectivity index (χ0n) is 21.5. The first-order valence-corrected chi connectivity index (χ1v) is 13.4. The Morgan fingerprint density at radius 3 is 1.67 bits per heavy atom. The van der Waals surface area contributed by atoms with E-state index >= 15 is 0 Å². The number of nitrogens with one attached hydrogen (secondary N) is 1. The molecule has 0 spiro atoms. The number of para-hydroxylation sites is 1. The van der Waals surface area contributed by atoms with Crippen molar-refractivity contribution in [1.29, 1.82) is 0 Å². The van der Waals surface area contributed by atoms with Gasteiger partial charge in [0.1, 0.15) is 0 Å². The predicted octanol–water partition coefficient (Wildman–Crippen LogP) is 10.7. The van der Waals surface area contributed by atoms with Crippen molar-refractivity contribution in [1.82, 2.24) is 0 Å². The van der Waals surface area contributed by atoms with Gasteiger partial charge in [-0.1, -0.05) is 133 Å². The highest BCUT2D eigenvalue weighted by atomic mass is 14.9. The highest BCUT2D eigenvalue weighted by molar-refractivity contribution is 6.13. The van der Waals surface area contributed by atoms with E-state index in [1.54, 1.807) is 0 Å². The normalized spacial score (nSPS) is 11.1. The average molecular weight is 498 g/mol. The molecule has 0 radical (unpaired) electrons. The second kappa shape index (κ2) is 9.96. The van der Waals surface area contributed by atoms with Gasteiger partial charge in [0.15, 0.2) is 0 Å². The van der Waals surface area contributed by atoms with Crippen molar-refractivity contribution in [2.45, 2.75) is 0 Å². The summed E-state index contributed by atoms with van der Waals surface area (Å²) in [5, 5.41) is 8.79. The summed E-state index contributed by atoms with van der Waals surface area (Å²) in [5.74, 6) is 0. The molecule has 1 nitrogen and oxygen atoms in total. The van der Waals surface area contributed by atoms with Crippen molar-refractivity contribution in [3.8, 4) is 33.4 Å². The van der Waals surface area contributed by atoms with E-state index in [0.29, 0.717) is 0 Å². The summed E-state index contributed by atoms with van der Waals surface area (Å²) in [7, 11) is 0. The van der Waals surface area contributed by atoms with E-state index in [-0.39, 0.29) is 0 Å². The molecule has 0 aliphatic carbocycles. The highest BCUT2D eigenvalue weighted by Gasteiger charge is 2.10. The van der Waals surface area contributed by atoms with E-state index < -0.39 is 0 Å². The number of rotatable bonds is 5. The van der Waals surface area contributed by atoms with E-state index in [2.05, 4.69) is 163 Å². The van der Waals surface area contributed by atoms with E-state index in [1.807, 2.05) is 0 Å². The summed E-state index contributed by atoms with van der Waals surface area (Å²) in [6, 6.07) is 56.2. The van der Waals surface area contributed by atoms with Gasteiger partial charge >= 0.3 is 0 Å². The van der Waals surface area contributed by atoms with Crippen LogP contribution in [0.5, 0.6) is 0 Å². The molecule has 0 bridgehead atoms. The first kappa shape index (κ1) is 23.0. The quantitative estimate of drug-likeness (QED) is 0.233. The van der Waals surface area contributed by atoms with E-state index in [4.69, 9.17) is 0 Å². The van der Waals surface area contributed by atoms with Crippen LogP contribution in [0.1, 0.15) is 0 Å². The van der Waals surface area contributed by atoms with Gasteiger partial charge < -0.3 is 5.32 Å². The zero-order chi connectivity index (χ0) is 26.0. The van der Waals surface area contributed by atoms with Gasteiger partial charge in [0, 0.05) is 16.9 Å². The van der Waals surface area contributed by atoms with Crippen LogP contribution in [-0.4, -0.2) is 0 Å². The monoisotopic (exact) mass is 497 g/mol. The maximum absolute atomic E-state index is 3.66. The second-order valence-corrected chi connectivity index (χ2v) is 9.88. The average Bonchev–Trinajstić information content (AvgIpc) is 3.02. The van der Waals surface area contributed by atoms with Crippen molar-refractivity contribution >= 4 is 32.9 Å². The number of hydrogen-bond acceptors (Lipinski definition) is 1. The molecular formula is C38H27N. The largest absolute Gasteiger partial charge is 0.355 e. The van der Waals surface area contributed by atoms with Crippen molar-refractivity contribution in [3.63, 3.8) is 0 Å². The molecule has 0 amide bonds. The first-order valence-electron chi connectivity index (χ1n) is 13.4. The minimum atomic E-state index is 1.07. The van der Waals surface area contributed by atoms with E-state index in [0.717, 1.165) is 11.4 Å². The minimum absolute atomic E-state index is 1.07. The van der Waals surface area contributed by atoms with Crippen LogP contribution in [0.25, 0.3) is 54.9 Å². The lowest BCUT2D eigenvalue weighted by atomic mass is 9.93. The van der Waals surface area contributed by atoms with Crippen molar-refractivity contribution < 1.29 is 0 Å². The first-order chi connectivity index (χ1) is 19.3. The van der Waals surface area contributed by atoms with Crippen molar-refractivity contribution in [3.05, 3.63) is 158 Å². The maximum atomic E-state index is 3.66. The topological polar surface area (TPSA) is 12.0 Å². The van der Waals surface area contributed by atoms with Gasteiger partial charge in [0.05, 0.1) is 0 Å². The van der Waals surface area contributed by atoms with Gasteiger partial charge in [-0.3, -0.25) is 0 Å². The van der Waals surface area contributed by atoms with Gasteiger partial charge in [0.25, 0.3) is 0 Å². The van der Waals surface area contributed by atoms with Crippen LogP contribution in [-0.2, 0) is 0 Å². The van der Waals surface area contributed by atoms with Crippen LogP contribution in [0.2, 0.25) is 0 Å². The lowest BCUT2D eigenvalue weighted by Crippen LogP contribution is -1.93. The molecule has 7 aromatic rings. The summed E-state index contributed by atoms with van der Waals surface area (Å²) < 4.78 is 0. The Labute approximate surface area is 229 Å². The highest BCUT2D eigenvalue weighted by Crippen LogP contribution is 2.36. The lowest BCUT2D eigenvalue weighted by Gasteiger charge is -2.14. The van der Waals surface area contributed by atoms with Crippen LogP contribution in [0.15, 0.2) is 158 Å². The molecule has 0 heterocycles. The molecule has 184 valence electrons. The Hall–Kier alpha value is -5.14. The SMILES string of the molecule is c1ccc(-c2ccc(-c3ccccc3Nc3ccc(-c4cc5ccccc5c5ccccc45)cc3)cc2)cc1. The molecule has 0 unspecified atom stereocenters. The van der Waals surface area contributed by atoms with Gasteiger partial charge in [-0.25, -0.2) is 0 Å². The fraction of sp³-hybridized carbons (Fsp3) is 0. The molecule has 0 atom stereocenters. The molecule has 7 aromatic carbocycles. The second-order valence-electron chi connectivity index (χ2n) is 9.88. The van der Waals surface area contributed by atoms with Crippen LogP contribution < -0.4 is 5.32 Å². The summed E-state index contributed by atoms with van der Waals surface area (Å²) in [4.78, 5) is 0. The third-order valence-electron chi connectivity index (χ3n) is 7.47. The molecule has 0 fully saturated rings. The molecule has 0 aromatic heterocycles. The molecule has 1 heteroatoms. The summed E-state index contributed by atoms with van der Waals surface area (Å²) in [6.45, 7) is 0. The van der Waals surface area contributed by atoms with Gasteiger partial charge in [-0.2, -0.15) is 0 Å². The van der Waals surface area contributed by atoms with Gasteiger partial charge in [0.2, 0.25) is 0 Å². The lowest BCUT2D eigenvalue weighted by molar-refractivity contribution is 1.53. The van der Waals surface area contributed by atoms with Gasteiger partial charge in [-0.15, -0.1) is 0 Å². The van der Waals surface area contributed by atoms with Gasteiger partial charge in [-0.05, 0) is 73.6 Å². The third-order valence-corrected chi connectivity index (χ3v) is 7.47. The smallest absolute Gasteiger partial charge is 0.0463 e. The molecule has 0 aliphatic rings. The number of hydrogen-bond donors (Lipinski definition) is 1. The third kappa shape index (κ3) is 4.45. The molecular weight excluding hydrogens is 470 g/mol. The predicted molar refractivity (Wildman–Crippen MR) is 167 cm³/mol. The summed E-state index contributed by atoms with van der Waals surface area (Å²) in [6.07, 6.45) is 0. The Kier molecular flexibility index (Phi) is 5.88. The Bertz CT molecular complexity index is 1900. The molecule has 0 saturated heterocycles. The fourth-order valence-corrected chi connectivity index (χ4v) is 5.50. The molecule has 7 rings (SSSR count). The molecule has 1 N–H and O–H groups in total. The maximum Gasteiger partial charge on any atom is 0.0463 e. The molecule has 0 aliphatic heterocycles. The Balaban J connectivity index is 1.20. The molecule has 39 heavy (non-hydrogen) atoms. The number of fused-ring (bicyclic) bond motifs is 3. The summed E-state index contributed by atoms with van der Waals surface area (Å²) in [5.41, 5.74) is 9.46. The summed E-state index contributed by atoms with van der Waals surface area (Å²) >= 11 is 0. The number of anilines is 2. The standard InChI is InChI=1S/C38H27N/c1-2-10-27(11-3-1)28-18-20-29(21-19-28)34-14-8-9-17-38(34)39-32-24-22-30(23-25-32)37-26-31-12-4-5-13-33(31)35-15-6-7-16-36(35)37/h1-26,39H. The van der Waals surface area contributed by atoms with E-state index in [1.165, 1.54) is 54.9 Å². The fourth-order valence-electron chi connectivity index (χ4n) is 5.50. The van der Waals surface area contributed by atoms with Crippen molar-refractivity contribution in [2.75, 3.05) is 5.32 Å². The Morgan fingerprint density at radius 2 is 0.872 bits per heavy atom. The van der Waals surface area contributed by atoms with Crippen LogP contribution in [0.3, 0.4) is 0 Å². The van der Waals surface area contributed by atoms with Crippen molar-refractivity contribution in [2.24, 2.45) is 0 Å². The number of benzene rings is 7. The molecule has 0 saturated carbocycles. The van der Waals surface area contributed by atoms with Crippen LogP contribution in [0.4, 0.5) is 11.4 Å². The van der Waals surface area contributed by atoms with Crippen LogP contribution in [0, 0.1) is 0 Å². The van der Waals surface area contributed by atoms with E-state index in [9.17, 15) is 0 Å². The van der Waals surface area contributed by atoms with Crippen LogP contribution >= 0.6 is 0 Å².